The van der Waals surface area contributed by atoms with Gasteiger partial charge in [-0.2, -0.15) is 0 Å². The first-order valence-electron chi connectivity index (χ1n) is 9.10. The van der Waals surface area contributed by atoms with Crippen LogP contribution in [0, 0.1) is 11.7 Å². The van der Waals surface area contributed by atoms with E-state index in [2.05, 4.69) is 9.80 Å². The summed E-state index contributed by atoms with van der Waals surface area (Å²) < 4.78 is 15.8. The highest BCUT2D eigenvalue weighted by atomic mass is 19.1. The maximum atomic E-state index is 13.9. The number of hydrogen-bond acceptors (Lipinski definition) is 3. The van der Waals surface area contributed by atoms with Gasteiger partial charge >= 0.3 is 0 Å². The van der Waals surface area contributed by atoms with Crippen molar-refractivity contribution in [1.29, 1.82) is 0 Å². The van der Waals surface area contributed by atoms with E-state index in [4.69, 9.17) is 0 Å². The summed E-state index contributed by atoms with van der Waals surface area (Å²) in [5.41, 5.74) is 1.97. The molecule has 0 radical (unpaired) electrons. The maximum Gasteiger partial charge on any atom is 0.250 e. The van der Waals surface area contributed by atoms with Gasteiger partial charge in [-0.1, -0.05) is 18.2 Å². The van der Waals surface area contributed by atoms with Gasteiger partial charge in [0.1, 0.15) is 5.82 Å². The van der Waals surface area contributed by atoms with Crippen molar-refractivity contribution < 1.29 is 4.39 Å². The van der Waals surface area contributed by atoms with E-state index in [1.807, 2.05) is 29.0 Å². The Labute approximate surface area is 147 Å². The molecule has 1 aliphatic carbocycles. The summed E-state index contributed by atoms with van der Waals surface area (Å²) in [5.74, 6) is 0.542. The van der Waals surface area contributed by atoms with Gasteiger partial charge in [0.2, 0.25) is 0 Å². The number of halogens is 1. The average molecular weight is 341 g/mol. The van der Waals surface area contributed by atoms with Crippen molar-refractivity contribution in [3.63, 3.8) is 0 Å². The molecular formula is C20H24FN3O. The molecule has 0 amide bonds. The van der Waals surface area contributed by atoms with Crippen LogP contribution in [-0.2, 0) is 13.1 Å². The smallest absolute Gasteiger partial charge is 0.250 e. The molecule has 5 heteroatoms. The standard InChI is InChI=1S/C20H24FN3O/c21-18-3-1-2-4-19(18)23-11-9-22(10-12-23)13-17-7-8-20(25)24(15-17)14-16-5-6-16/h1-4,7-8,15-16H,5-6,9-14H2. The Balaban J connectivity index is 1.37. The topological polar surface area (TPSA) is 28.5 Å². The van der Waals surface area contributed by atoms with Crippen molar-refractivity contribution in [3.05, 3.63) is 64.3 Å². The van der Waals surface area contributed by atoms with Crippen molar-refractivity contribution >= 4 is 5.69 Å². The van der Waals surface area contributed by atoms with Crippen molar-refractivity contribution in [3.8, 4) is 0 Å². The Bertz CT molecular complexity index is 792. The van der Waals surface area contributed by atoms with Gasteiger partial charge in [0, 0.05) is 51.5 Å². The number of benzene rings is 1. The second-order valence-corrected chi connectivity index (χ2v) is 7.19. The fourth-order valence-corrected chi connectivity index (χ4v) is 3.51. The summed E-state index contributed by atoms with van der Waals surface area (Å²) in [5, 5.41) is 0. The summed E-state index contributed by atoms with van der Waals surface area (Å²) in [7, 11) is 0. The Morgan fingerprint density at radius 1 is 1.00 bits per heavy atom. The molecule has 2 heterocycles. The molecule has 0 atom stereocenters. The molecular weight excluding hydrogens is 317 g/mol. The maximum absolute atomic E-state index is 13.9. The molecule has 0 unspecified atom stereocenters. The van der Waals surface area contributed by atoms with Gasteiger partial charge in [0.05, 0.1) is 5.69 Å². The molecule has 0 spiro atoms. The number of rotatable bonds is 5. The van der Waals surface area contributed by atoms with Gasteiger partial charge in [-0.15, -0.1) is 0 Å². The van der Waals surface area contributed by atoms with E-state index in [0.717, 1.165) is 39.3 Å². The van der Waals surface area contributed by atoms with E-state index in [0.29, 0.717) is 11.6 Å². The van der Waals surface area contributed by atoms with E-state index >= 15 is 0 Å². The van der Waals surface area contributed by atoms with Gasteiger partial charge in [-0.05, 0) is 36.5 Å². The molecule has 4 nitrogen and oxygen atoms in total. The van der Waals surface area contributed by atoms with Gasteiger partial charge < -0.3 is 9.47 Å². The van der Waals surface area contributed by atoms with Crippen LogP contribution in [0.25, 0.3) is 0 Å². The lowest BCUT2D eigenvalue weighted by Crippen LogP contribution is -2.46. The number of hydrogen-bond donors (Lipinski definition) is 0. The SMILES string of the molecule is O=c1ccc(CN2CCN(c3ccccc3F)CC2)cn1CC1CC1. The van der Waals surface area contributed by atoms with Crippen molar-refractivity contribution in [2.75, 3.05) is 31.1 Å². The summed E-state index contributed by atoms with van der Waals surface area (Å²) in [6.07, 6.45) is 4.51. The normalized spacial score (nSPS) is 18.5. The zero-order valence-corrected chi connectivity index (χ0v) is 14.4. The van der Waals surface area contributed by atoms with Gasteiger partial charge in [0.25, 0.3) is 5.56 Å². The fourth-order valence-electron chi connectivity index (χ4n) is 3.51. The first kappa shape index (κ1) is 16.3. The predicted octanol–water partition coefficient (Wildman–Crippen LogP) is 2.72. The van der Waals surface area contributed by atoms with Crippen LogP contribution in [0.15, 0.2) is 47.4 Å². The molecule has 1 aromatic carbocycles. The average Bonchev–Trinajstić information content (AvgIpc) is 3.43. The van der Waals surface area contributed by atoms with Crippen LogP contribution in [-0.4, -0.2) is 35.6 Å². The van der Waals surface area contributed by atoms with Crippen LogP contribution >= 0.6 is 0 Å². The zero-order valence-electron chi connectivity index (χ0n) is 14.4. The van der Waals surface area contributed by atoms with Crippen molar-refractivity contribution in [2.24, 2.45) is 5.92 Å². The Hall–Kier alpha value is -2.14. The first-order chi connectivity index (χ1) is 12.2. The second-order valence-electron chi connectivity index (χ2n) is 7.19. The fraction of sp³-hybridized carbons (Fsp3) is 0.450. The minimum atomic E-state index is -0.150. The lowest BCUT2D eigenvalue weighted by atomic mass is 10.2. The Morgan fingerprint density at radius 3 is 2.48 bits per heavy atom. The molecule has 0 N–H and O–H groups in total. The molecule has 1 aromatic heterocycles. The van der Waals surface area contributed by atoms with Crippen molar-refractivity contribution in [1.82, 2.24) is 9.47 Å². The summed E-state index contributed by atoms with van der Waals surface area (Å²) >= 11 is 0. The van der Waals surface area contributed by atoms with Crippen LogP contribution in [0.4, 0.5) is 10.1 Å². The minimum absolute atomic E-state index is 0.0972. The molecule has 0 bridgehead atoms. The van der Waals surface area contributed by atoms with Crippen LogP contribution < -0.4 is 10.5 Å². The van der Waals surface area contributed by atoms with E-state index in [9.17, 15) is 9.18 Å². The molecule has 4 rings (SSSR count). The molecule has 132 valence electrons. The van der Waals surface area contributed by atoms with Gasteiger partial charge in [-0.3, -0.25) is 9.69 Å². The highest BCUT2D eigenvalue weighted by molar-refractivity contribution is 5.48. The highest BCUT2D eigenvalue weighted by Gasteiger charge is 2.22. The third-order valence-electron chi connectivity index (χ3n) is 5.17. The summed E-state index contributed by atoms with van der Waals surface area (Å²) in [6, 6.07) is 10.6. The lowest BCUT2D eigenvalue weighted by molar-refractivity contribution is 0.248. The first-order valence-corrected chi connectivity index (χ1v) is 9.10. The summed E-state index contributed by atoms with van der Waals surface area (Å²) in [6.45, 7) is 5.14. The van der Waals surface area contributed by atoms with Crippen LogP contribution in [0.1, 0.15) is 18.4 Å². The van der Waals surface area contributed by atoms with Crippen LogP contribution in [0.3, 0.4) is 0 Å². The van der Waals surface area contributed by atoms with Gasteiger partial charge in [-0.25, -0.2) is 4.39 Å². The quantitative estimate of drug-likeness (QED) is 0.837. The number of anilines is 1. The molecule has 2 aliphatic rings. The Morgan fingerprint density at radius 2 is 1.76 bits per heavy atom. The number of nitrogens with zero attached hydrogens (tertiary/aromatic N) is 3. The molecule has 25 heavy (non-hydrogen) atoms. The van der Waals surface area contributed by atoms with E-state index in [1.165, 1.54) is 24.5 Å². The van der Waals surface area contributed by atoms with Crippen LogP contribution in [0.2, 0.25) is 0 Å². The second kappa shape index (κ2) is 7.00. The minimum Gasteiger partial charge on any atom is -0.367 e. The molecule has 1 saturated heterocycles. The number of piperazine rings is 1. The monoisotopic (exact) mass is 341 g/mol. The molecule has 2 fully saturated rings. The predicted molar refractivity (Wildman–Crippen MR) is 97.3 cm³/mol. The molecule has 1 aliphatic heterocycles. The number of para-hydroxylation sites is 1. The van der Waals surface area contributed by atoms with E-state index in [-0.39, 0.29) is 11.4 Å². The lowest BCUT2D eigenvalue weighted by Gasteiger charge is -2.36. The third-order valence-corrected chi connectivity index (χ3v) is 5.17. The van der Waals surface area contributed by atoms with Crippen LogP contribution in [0.5, 0.6) is 0 Å². The largest absolute Gasteiger partial charge is 0.367 e. The van der Waals surface area contributed by atoms with E-state index in [1.54, 1.807) is 12.1 Å². The molecule has 1 saturated carbocycles. The Kier molecular flexibility index (Phi) is 4.57. The van der Waals surface area contributed by atoms with Gasteiger partial charge in [0.15, 0.2) is 0 Å². The number of pyridine rings is 1. The highest BCUT2D eigenvalue weighted by Crippen LogP contribution is 2.30. The third kappa shape index (κ3) is 3.93. The number of aromatic nitrogens is 1. The molecule has 2 aromatic rings. The van der Waals surface area contributed by atoms with Crippen molar-refractivity contribution in [2.45, 2.75) is 25.9 Å². The zero-order chi connectivity index (χ0) is 17.2. The summed E-state index contributed by atoms with van der Waals surface area (Å²) in [4.78, 5) is 16.5. The van der Waals surface area contributed by atoms with E-state index < -0.39 is 0 Å².